The van der Waals surface area contributed by atoms with E-state index in [-0.39, 0.29) is 11.5 Å². The predicted octanol–water partition coefficient (Wildman–Crippen LogP) is 3.81. The van der Waals surface area contributed by atoms with E-state index >= 15 is 0 Å². The maximum Gasteiger partial charge on any atom is 0.158 e. The summed E-state index contributed by atoms with van der Waals surface area (Å²) in [6.45, 7) is 5.92. The van der Waals surface area contributed by atoms with E-state index in [9.17, 15) is 10.2 Å². The first-order valence-corrected chi connectivity index (χ1v) is 8.38. The number of benzene rings is 1. The molecule has 0 spiro atoms. The van der Waals surface area contributed by atoms with E-state index < -0.39 is 0 Å². The van der Waals surface area contributed by atoms with Crippen molar-refractivity contribution in [1.82, 2.24) is 9.97 Å². The van der Waals surface area contributed by atoms with Crippen LogP contribution in [0.1, 0.15) is 29.9 Å². The lowest BCUT2D eigenvalue weighted by Gasteiger charge is -2.07. The molecule has 0 aliphatic carbocycles. The Morgan fingerprint density at radius 3 is 2.83 bits per heavy atom. The number of hydrazone groups is 1. The zero-order chi connectivity index (χ0) is 17.3. The summed E-state index contributed by atoms with van der Waals surface area (Å²) in [6.07, 6.45) is 2.46. The number of aromatic hydroxyl groups is 2. The Bertz CT molecular complexity index is 934. The van der Waals surface area contributed by atoms with Crippen LogP contribution in [0.3, 0.4) is 0 Å². The Balaban J connectivity index is 1.98. The SMILES string of the molecule is CCc1sc2ncnc(N/N=C(/C)c3cc(O)ccc3O)c2c1C. The van der Waals surface area contributed by atoms with E-state index in [1.807, 2.05) is 0 Å². The van der Waals surface area contributed by atoms with E-state index in [1.165, 1.54) is 29.4 Å². The van der Waals surface area contributed by atoms with Gasteiger partial charge in [0.2, 0.25) is 0 Å². The van der Waals surface area contributed by atoms with Gasteiger partial charge < -0.3 is 10.2 Å². The van der Waals surface area contributed by atoms with Crippen LogP contribution in [0.5, 0.6) is 11.5 Å². The average Bonchev–Trinajstić information content (AvgIpc) is 2.91. The molecule has 0 aliphatic rings. The van der Waals surface area contributed by atoms with Gasteiger partial charge in [-0.1, -0.05) is 6.92 Å². The molecule has 124 valence electrons. The van der Waals surface area contributed by atoms with Crippen molar-refractivity contribution in [3.63, 3.8) is 0 Å². The van der Waals surface area contributed by atoms with Crippen molar-refractivity contribution < 1.29 is 10.2 Å². The lowest BCUT2D eigenvalue weighted by atomic mass is 10.1. The van der Waals surface area contributed by atoms with Crippen LogP contribution in [0.15, 0.2) is 29.6 Å². The molecule has 2 heterocycles. The fraction of sp³-hybridized carbons (Fsp3) is 0.235. The molecule has 3 aromatic rings. The van der Waals surface area contributed by atoms with Gasteiger partial charge in [0, 0.05) is 10.4 Å². The normalized spacial score (nSPS) is 11.9. The molecule has 6 nitrogen and oxygen atoms in total. The summed E-state index contributed by atoms with van der Waals surface area (Å²) >= 11 is 1.66. The Labute approximate surface area is 143 Å². The zero-order valence-electron chi connectivity index (χ0n) is 13.7. The third kappa shape index (κ3) is 2.90. The summed E-state index contributed by atoms with van der Waals surface area (Å²) in [7, 11) is 0. The Morgan fingerprint density at radius 2 is 2.08 bits per heavy atom. The van der Waals surface area contributed by atoms with Crippen LogP contribution in [0, 0.1) is 6.92 Å². The quantitative estimate of drug-likeness (QED) is 0.381. The molecule has 0 aliphatic heterocycles. The number of hydrogen-bond donors (Lipinski definition) is 3. The molecular weight excluding hydrogens is 324 g/mol. The van der Waals surface area contributed by atoms with Crippen LogP contribution in [0.25, 0.3) is 10.2 Å². The highest BCUT2D eigenvalue weighted by Crippen LogP contribution is 2.33. The lowest BCUT2D eigenvalue weighted by molar-refractivity contribution is 0.459. The van der Waals surface area contributed by atoms with Gasteiger partial charge in [-0.05, 0) is 44.0 Å². The van der Waals surface area contributed by atoms with Crippen molar-refractivity contribution in [3.8, 4) is 11.5 Å². The van der Waals surface area contributed by atoms with Crippen molar-refractivity contribution in [3.05, 3.63) is 40.5 Å². The van der Waals surface area contributed by atoms with Crippen molar-refractivity contribution in [2.45, 2.75) is 27.2 Å². The molecule has 0 bridgehead atoms. The van der Waals surface area contributed by atoms with Gasteiger partial charge in [-0.3, -0.25) is 5.43 Å². The number of nitrogens with zero attached hydrogens (tertiary/aromatic N) is 3. The van der Waals surface area contributed by atoms with Crippen LogP contribution in [-0.4, -0.2) is 25.9 Å². The fourth-order valence-electron chi connectivity index (χ4n) is 2.55. The van der Waals surface area contributed by atoms with Gasteiger partial charge in [-0.15, -0.1) is 11.3 Å². The van der Waals surface area contributed by atoms with Gasteiger partial charge >= 0.3 is 0 Å². The summed E-state index contributed by atoms with van der Waals surface area (Å²) in [5.74, 6) is 0.763. The number of aromatic nitrogens is 2. The number of fused-ring (bicyclic) bond motifs is 1. The molecule has 0 saturated carbocycles. The molecule has 1 aromatic carbocycles. The summed E-state index contributed by atoms with van der Waals surface area (Å²) in [5, 5.41) is 24.8. The van der Waals surface area contributed by atoms with Crippen molar-refractivity contribution in [2.75, 3.05) is 5.43 Å². The first-order chi connectivity index (χ1) is 11.5. The van der Waals surface area contributed by atoms with Gasteiger partial charge in [0.05, 0.1) is 11.1 Å². The van der Waals surface area contributed by atoms with E-state index in [4.69, 9.17) is 0 Å². The highest BCUT2D eigenvalue weighted by Gasteiger charge is 2.13. The number of nitrogens with one attached hydrogen (secondary N) is 1. The lowest BCUT2D eigenvalue weighted by Crippen LogP contribution is -2.02. The third-order valence-corrected chi connectivity index (χ3v) is 5.19. The second-order valence-corrected chi connectivity index (χ2v) is 6.50. The number of phenols is 2. The first-order valence-electron chi connectivity index (χ1n) is 7.56. The standard InChI is InChI=1S/C17H18N4O2S/c1-4-14-9(2)15-16(18-8-19-17(15)24-14)21-20-10(3)12-7-11(22)5-6-13(12)23/h5-8,22-23H,4H2,1-3H3,(H,18,19,21)/b20-10-. The molecule has 0 unspecified atom stereocenters. The summed E-state index contributed by atoms with van der Waals surface area (Å²) in [5.41, 5.74) is 5.13. The number of anilines is 1. The molecule has 3 N–H and O–H groups in total. The Kier molecular flexibility index (Phi) is 4.35. The highest BCUT2D eigenvalue weighted by molar-refractivity contribution is 7.18. The van der Waals surface area contributed by atoms with Crippen LogP contribution < -0.4 is 5.43 Å². The largest absolute Gasteiger partial charge is 0.508 e. The first kappa shape index (κ1) is 16.2. The summed E-state index contributed by atoms with van der Waals surface area (Å²) in [4.78, 5) is 10.8. The van der Waals surface area contributed by atoms with Crippen LogP contribution in [-0.2, 0) is 6.42 Å². The number of thiophene rings is 1. The molecule has 0 amide bonds. The maximum atomic E-state index is 9.91. The van der Waals surface area contributed by atoms with Gasteiger partial charge in [-0.25, -0.2) is 9.97 Å². The zero-order valence-corrected chi connectivity index (χ0v) is 14.5. The van der Waals surface area contributed by atoms with E-state index in [0.29, 0.717) is 17.1 Å². The Morgan fingerprint density at radius 1 is 1.29 bits per heavy atom. The molecule has 0 fully saturated rings. The van der Waals surface area contributed by atoms with E-state index in [2.05, 4.69) is 34.3 Å². The minimum atomic E-state index is 0.0590. The van der Waals surface area contributed by atoms with Gasteiger partial charge in [0.1, 0.15) is 22.7 Å². The van der Waals surface area contributed by atoms with E-state index in [0.717, 1.165) is 22.2 Å². The molecule has 0 atom stereocenters. The molecule has 0 saturated heterocycles. The van der Waals surface area contributed by atoms with E-state index in [1.54, 1.807) is 18.3 Å². The number of rotatable bonds is 4. The summed E-state index contributed by atoms with van der Waals surface area (Å²) in [6, 6.07) is 4.33. The molecule has 0 radical (unpaired) electrons. The molecule has 7 heteroatoms. The second-order valence-electron chi connectivity index (χ2n) is 5.42. The predicted molar refractivity (Wildman–Crippen MR) is 97.1 cm³/mol. The van der Waals surface area contributed by atoms with Gasteiger partial charge in [0.25, 0.3) is 0 Å². The smallest absolute Gasteiger partial charge is 0.158 e. The molecule has 3 rings (SSSR count). The topological polar surface area (TPSA) is 90.6 Å². The van der Waals surface area contributed by atoms with Crippen LogP contribution in [0.4, 0.5) is 5.82 Å². The number of phenolic OH excluding ortho intramolecular Hbond substituents is 2. The molecule has 2 aromatic heterocycles. The average molecular weight is 342 g/mol. The van der Waals surface area contributed by atoms with Gasteiger partial charge in [-0.2, -0.15) is 5.10 Å². The number of aryl methyl sites for hydroxylation is 2. The van der Waals surface area contributed by atoms with Crippen LogP contribution >= 0.6 is 11.3 Å². The summed E-state index contributed by atoms with van der Waals surface area (Å²) < 4.78 is 0. The fourth-order valence-corrected chi connectivity index (χ4v) is 3.63. The van der Waals surface area contributed by atoms with Crippen molar-refractivity contribution in [2.24, 2.45) is 5.10 Å². The van der Waals surface area contributed by atoms with Crippen molar-refractivity contribution in [1.29, 1.82) is 0 Å². The van der Waals surface area contributed by atoms with Crippen molar-refractivity contribution >= 4 is 33.1 Å². The maximum absolute atomic E-state index is 9.91. The molecular formula is C17H18N4O2S. The molecule has 24 heavy (non-hydrogen) atoms. The third-order valence-electron chi connectivity index (χ3n) is 3.85. The van der Waals surface area contributed by atoms with Crippen LogP contribution in [0.2, 0.25) is 0 Å². The minimum Gasteiger partial charge on any atom is -0.508 e. The Hall–Kier alpha value is -2.67. The minimum absolute atomic E-state index is 0.0590. The number of hydrogen-bond acceptors (Lipinski definition) is 7. The van der Waals surface area contributed by atoms with Gasteiger partial charge in [0.15, 0.2) is 5.82 Å². The highest BCUT2D eigenvalue weighted by atomic mass is 32.1. The monoisotopic (exact) mass is 342 g/mol. The second kappa shape index (κ2) is 6.45.